The van der Waals surface area contributed by atoms with Gasteiger partial charge >= 0.3 is 0 Å². The van der Waals surface area contributed by atoms with Gasteiger partial charge in [-0.1, -0.05) is 6.07 Å². The van der Waals surface area contributed by atoms with Crippen molar-refractivity contribution in [2.45, 2.75) is 25.9 Å². The van der Waals surface area contributed by atoms with Gasteiger partial charge in [0.05, 0.1) is 32.2 Å². The standard InChI is InChI=1S/C22H28N2O7S/c1-14(16-6-8-19-21(12-16)31-11-10-30-19)23-22(25)15(2)24(32(5,26)27)17-7-9-18(28-3)20(13-17)29-4/h6-9,12-15H,10-11H2,1-5H3,(H,23,25)/t14-,15+/m1/s1. The van der Waals surface area contributed by atoms with Gasteiger partial charge in [0, 0.05) is 6.07 Å². The molecule has 1 N–H and O–H groups in total. The molecule has 2 aromatic carbocycles. The Morgan fingerprint density at radius 3 is 2.28 bits per heavy atom. The fraction of sp³-hybridized carbons (Fsp3) is 0.409. The molecule has 1 aliphatic heterocycles. The van der Waals surface area contributed by atoms with Crippen LogP contribution in [0, 0.1) is 0 Å². The van der Waals surface area contributed by atoms with Gasteiger partial charge in [-0.15, -0.1) is 0 Å². The van der Waals surface area contributed by atoms with Crippen LogP contribution in [0.4, 0.5) is 5.69 Å². The second kappa shape index (κ2) is 9.56. The molecule has 1 aliphatic rings. The highest BCUT2D eigenvalue weighted by molar-refractivity contribution is 7.92. The molecule has 0 bridgehead atoms. The smallest absolute Gasteiger partial charge is 0.244 e. The summed E-state index contributed by atoms with van der Waals surface area (Å²) in [5.74, 6) is 1.63. The minimum atomic E-state index is -3.78. The Bertz CT molecular complexity index is 1090. The van der Waals surface area contributed by atoms with Crippen LogP contribution in [0.25, 0.3) is 0 Å². The molecule has 2 atom stereocenters. The average Bonchev–Trinajstić information content (AvgIpc) is 2.77. The second-order valence-electron chi connectivity index (χ2n) is 7.41. The van der Waals surface area contributed by atoms with Crippen molar-refractivity contribution in [3.05, 3.63) is 42.0 Å². The molecule has 10 heteroatoms. The number of hydrogen-bond donors (Lipinski definition) is 1. The number of amides is 1. The molecule has 0 aromatic heterocycles. The first-order chi connectivity index (χ1) is 15.2. The molecular weight excluding hydrogens is 436 g/mol. The van der Waals surface area contributed by atoms with Crippen molar-refractivity contribution in [1.29, 1.82) is 0 Å². The number of carbonyl (C=O) groups is 1. The van der Waals surface area contributed by atoms with E-state index in [0.29, 0.717) is 41.9 Å². The van der Waals surface area contributed by atoms with E-state index < -0.39 is 22.0 Å². The number of hydrogen-bond acceptors (Lipinski definition) is 7. The number of anilines is 1. The van der Waals surface area contributed by atoms with E-state index in [4.69, 9.17) is 18.9 Å². The third kappa shape index (κ3) is 5.01. The molecular formula is C22H28N2O7S. The van der Waals surface area contributed by atoms with Crippen LogP contribution in [0.3, 0.4) is 0 Å². The SMILES string of the molecule is COc1ccc(N([C@@H](C)C(=O)N[C@H](C)c2ccc3c(c2)OCCO3)S(C)(=O)=O)cc1OC. The Morgan fingerprint density at radius 2 is 1.66 bits per heavy atom. The van der Waals surface area contributed by atoms with Crippen LogP contribution in [0.2, 0.25) is 0 Å². The lowest BCUT2D eigenvalue weighted by atomic mass is 10.1. The van der Waals surface area contributed by atoms with Gasteiger partial charge in [-0.3, -0.25) is 9.10 Å². The molecule has 3 rings (SSSR count). The fourth-order valence-electron chi connectivity index (χ4n) is 3.52. The average molecular weight is 465 g/mol. The van der Waals surface area contributed by atoms with Gasteiger partial charge in [-0.05, 0) is 43.7 Å². The lowest BCUT2D eigenvalue weighted by Gasteiger charge is -2.30. The van der Waals surface area contributed by atoms with Crippen LogP contribution in [-0.4, -0.2) is 54.1 Å². The van der Waals surface area contributed by atoms with Crippen molar-refractivity contribution in [2.24, 2.45) is 0 Å². The van der Waals surface area contributed by atoms with Gasteiger partial charge < -0.3 is 24.3 Å². The number of ether oxygens (including phenoxy) is 4. The summed E-state index contributed by atoms with van der Waals surface area (Å²) in [5.41, 5.74) is 1.10. The molecule has 32 heavy (non-hydrogen) atoms. The summed E-state index contributed by atoms with van der Waals surface area (Å²) in [5, 5.41) is 2.88. The zero-order valence-corrected chi connectivity index (χ0v) is 19.6. The molecule has 1 heterocycles. The van der Waals surface area contributed by atoms with Gasteiger partial charge in [0.2, 0.25) is 15.9 Å². The van der Waals surface area contributed by atoms with E-state index in [2.05, 4.69) is 5.32 Å². The minimum Gasteiger partial charge on any atom is -0.493 e. The normalized spacial score (nSPS) is 14.8. The van der Waals surface area contributed by atoms with E-state index in [1.807, 2.05) is 19.1 Å². The first-order valence-electron chi connectivity index (χ1n) is 10.1. The van der Waals surface area contributed by atoms with E-state index in [1.54, 1.807) is 18.2 Å². The van der Waals surface area contributed by atoms with Gasteiger partial charge in [-0.2, -0.15) is 0 Å². The van der Waals surface area contributed by atoms with E-state index in [-0.39, 0.29) is 6.04 Å². The zero-order chi connectivity index (χ0) is 23.5. The van der Waals surface area contributed by atoms with Crippen LogP contribution in [0.15, 0.2) is 36.4 Å². The highest BCUT2D eigenvalue weighted by Gasteiger charge is 2.31. The molecule has 0 spiro atoms. The quantitative estimate of drug-likeness (QED) is 0.640. The molecule has 0 fully saturated rings. The summed E-state index contributed by atoms with van der Waals surface area (Å²) in [4.78, 5) is 13.0. The molecule has 174 valence electrons. The number of methoxy groups -OCH3 is 2. The van der Waals surface area contributed by atoms with Crippen molar-refractivity contribution in [3.63, 3.8) is 0 Å². The van der Waals surface area contributed by atoms with Crippen molar-refractivity contribution in [2.75, 3.05) is 38.0 Å². The van der Waals surface area contributed by atoms with Crippen LogP contribution < -0.4 is 28.6 Å². The molecule has 0 unspecified atom stereocenters. The van der Waals surface area contributed by atoms with Crippen LogP contribution >= 0.6 is 0 Å². The minimum absolute atomic E-state index is 0.291. The van der Waals surface area contributed by atoms with Crippen LogP contribution in [0.5, 0.6) is 23.0 Å². The summed E-state index contributed by atoms with van der Waals surface area (Å²) in [6.45, 7) is 4.30. The Hall–Kier alpha value is -3.14. The van der Waals surface area contributed by atoms with Crippen molar-refractivity contribution >= 4 is 21.6 Å². The van der Waals surface area contributed by atoms with Crippen molar-refractivity contribution in [3.8, 4) is 23.0 Å². The summed E-state index contributed by atoms with van der Waals surface area (Å²) in [7, 11) is -0.836. The second-order valence-corrected chi connectivity index (χ2v) is 9.27. The maximum absolute atomic E-state index is 13.0. The number of benzene rings is 2. The third-order valence-corrected chi connectivity index (χ3v) is 6.38. The molecule has 2 aromatic rings. The summed E-state index contributed by atoms with van der Waals surface area (Å²) >= 11 is 0. The number of fused-ring (bicyclic) bond motifs is 1. The van der Waals surface area contributed by atoms with Gasteiger partial charge in [0.1, 0.15) is 19.3 Å². The molecule has 0 saturated carbocycles. The highest BCUT2D eigenvalue weighted by atomic mass is 32.2. The first-order valence-corrected chi connectivity index (χ1v) is 11.9. The topological polar surface area (TPSA) is 103 Å². The van der Waals surface area contributed by atoms with E-state index in [0.717, 1.165) is 16.1 Å². The molecule has 0 saturated heterocycles. The maximum Gasteiger partial charge on any atom is 0.244 e. The number of nitrogens with zero attached hydrogens (tertiary/aromatic N) is 1. The van der Waals surface area contributed by atoms with Crippen LogP contribution in [-0.2, 0) is 14.8 Å². The Morgan fingerprint density at radius 1 is 1.00 bits per heavy atom. The fourth-order valence-corrected chi connectivity index (χ4v) is 4.68. The van der Waals surface area contributed by atoms with Gasteiger partial charge in [0.15, 0.2) is 23.0 Å². The van der Waals surface area contributed by atoms with E-state index in [1.165, 1.54) is 27.2 Å². The summed E-state index contributed by atoms with van der Waals surface area (Å²) in [6.07, 6.45) is 1.05. The van der Waals surface area contributed by atoms with E-state index >= 15 is 0 Å². The van der Waals surface area contributed by atoms with Gasteiger partial charge in [-0.25, -0.2) is 8.42 Å². The molecule has 0 radical (unpaired) electrons. The third-order valence-electron chi connectivity index (χ3n) is 5.14. The Labute approximate surface area is 188 Å². The van der Waals surface area contributed by atoms with Crippen LogP contribution in [0.1, 0.15) is 25.5 Å². The molecule has 0 aliphatic carbocycles. The first kappa shape index (κ1) is 23.5. The summed E-state index contributed by atoms with van der Waals surface area (Å²) in [6, 6.07) is 8.73. The lowest BCUT2D eigenvalue weighted by Crippen LogP contribution is -2.48. The largest absolute Gasteiger partial charge is 0.493 e. The predicted octanol–water partition coefficient (Wildman–Crippen LogP) is 2.51. The van der Waals surface area contributed by atoms with Crippen molar-refractivity contribution < 1.29 is 32.2 Å². The number of carbonyl (C=O) groups excluding carboxylic acids is 1. The monoisotopic (exact) mass is 464 g/mol. The molecule has 9 nitrogen and oxygen atoms in total. The Balaban J connectivity index is 1.82. The number of sulfonamides is 1. The van der Waals surface area contributed by atoms with Gasteiger partial charge in [0.25, 0.3) is 0 Å². The number of nitrogens with one attached hydrogen (secondary N) is 1. The zero-order valence-electron chi connectivity index (χ0n) is 18.7. The maximum atomic E-state index is 13.0. The highest BCUT2D eigenvalue weighted by Crippen LogP contribution is 2.34. The van der Waals surface area contributed by atoms with E-state index in [9.17, 15) is 13.2 Å². The Kier molecular flexibility index (Phi) is 7.02. The van der Waals surface area contributed by atoms with Crippen molar-refractivity contribution in [1.82, 2.24) is 5.32 Å². The predicted molar refractivity (Wildman–Crippen MR) is 120 cm³/mol. The summed E-state index contributed by atoms with van der Waals surface area (Å²) < 4.78 is 47.9. The molecule has 1 amide bonds. The lowest BCUT2D eigenvalue weighted by molar-refractivity contribution is -0.122. The number of rotatable bonds is 8.